The van der Waals surface area contributed by atoms with Crippen LogP contribution in [0.3, 0.4) is 0 Å². The molecule has 7 nitrogen and oxygen atoms in total. The minimum Gasteiger partial charge on any atom is -0.497 e. The highest BCUT2D eigenvalue weighted by molar-refractivity contribution is 5.82. The second-order valence-electron chi connectivity index (χ2n) is 7.82. The number of nitrogens with zero attached hydrogens (tertiary/aromatic N) is 4. The molecule has 0 saturated heterocycles. The van der Waals surface area contributed by atoms with Gasteiger partial charge in [0.05, 0.1) is 37.1 Å². The highest BCUT2D eigenvalue weighted by atomic mass is 16.5. The van der Waals surface area contributed by atoms with Crippen LogP contribution >= 0.6 is 0 Å². The number of oxazole rings is 1. The van der Waals surface area contributed by atoms with Gasteiger partial charge >= 0.3 is 0 Å². The number of fused-ring (bicyclic) bond motifs is 1. The molecule has 31 heavy (non-hydrogen) atoms. The predicted octanol–water partition coefficient (Wildman–Crippen LogP) is 4.99. The van der Waals surface area contributed by atoms with Crippen molar-refractivity contribution < 1.29 is 13.9 Å². The molecule has 1 saturated carbocycles. The van der Waals surface area contributed by atoms with Crippen LogP contribution in [-0.4, -0.2) is 35.7 Å². The Hall–Kier alpha value is -3.45. The Morgan fingerprint density at radius 1 is 1.03 bits per heavy atom. The first-order valence-electron chi connectivity index (χ1n) is 10.3. The first-order chi connectivity index (χ1) is 15.2. The van der Waals surface area contributed by atoms with Gasteiger partial charge in [0.1, 0.15) is 11.4 Å². The average molecular weight is 416 g/mol. The number of benzene rings is 2. The third kappa shape index (κ3) is 4.22. The van der Waals surface area contributed by atoms with Crippen molar-refractivity contribution in [2.45, 2.75) is 19.4 Å². The van der Waals surface area contributed by atoms with E-state index in [2.05, 4.69) is 39.1 Å². The van der Waals surface area contributed by atoms with Crippen molar-refractivity contribution in [1.29, 1.82) is 0 Å². The van der Waals surface area contributed by atoms with Gasteiger partial charge in [-0.1, -0.05) is 0 Å². The molecule has 1 fully saturated rings. The summed E-state index contributed by atoms with van der Waals surface area (Å²) >= 11 is 0. The Bertz CT molecular complexity index is 1190. The van der Waals surface area contributed by atoms with Crippen molar-refractivity contribution in [2.75, 3.05) is 25.7 Å². The standard InChI is InChI=1S/C24H24N4O3/c1-29-14-17-7-19(9-20(8-17)30-2)28(13-16-3-4-16)18-5-6-21-22(10-18)27-23(11-26-21)24-12-25-15-31-24/h5-12,15-16H,3-4,13-14H2,1-2H3. The molecule has 5 rings (SSSR count). The summed E-state index contributed by atoms with van der Waals surface area (Å²) < 4.78 is 16.3. The third-order valence-electron chi connectivity index (χ3n) is 5.47. The van der Waals surface area contributed by atoms with Gasteiger partial charge in [0.2, 0.25) is 0 Å². The normalized spacial score (nSPS) is 13.5. The number of ether oxygens (including phenoxy) is 2. The van der Waals surface area contributed by atoms with E-state index in [9.17, 15) is 0 Å². The molecule has 2 heterocycles. The van der Waals surface area contributed by atoms with Crippen LogP contribution in [0.25, 0.3) is 22.5 Å². The largest absolute Gasteiger partial charge is 0.497 e. The molecule has 7 heteroatoms. The number of hydrogen-bond donors (Lipinski definition) is 0. The zero-order chi connectivity index (χ0) is 21.2. The summed E-state index contributed by atoms with van der Waals surface area (Å²) in [5.74, 6) is 2.12. The Morgan fingerprint density at radius 2 is 1.94 bits per heavy atom. The predicted molar refractivity (Wildman–Crippen MR) is 118 cm³/mol. The molecular weight excluding hydrogens is 392 g/mol. The minimum atomic E-state index is 0.533. The lowest BCUT2D eigenvalue weighted by atomic mass is 10.1. The van der Waals surface area contributed by atoms with E-state index in [1.54, 1.807) is 26.6 Å². The van der Waals surface area contributed by atoms with Crippen molar-refractivity contribution in [1.82, 2.24) is 15.0 Å². The van der Waals surface area contributed by atoms with Gasteiger partial charge in [-0.05, 0) is 54.7 Å². The fourth-order valence-corrected chi connectivity index (χ4v) is 3.71. The van der Waals surface area contributed by atoms with Gasteiger partial charge in [0.15, 0.2) is 12.2 Å². The smallest absolute Gasteiger partial charge is 0.181 e. The van der Waals surface area contributed by atoms with Crippen LogP contribution in [0.15, 0.2) is 59.6 Å². The maximum Gasteiger partial charge on any atom is 0.181 e. The minimum absolute atomic E-state index is 0.533. The van der Waals surface area contributed by atoms with E-state index in [0.29, 0.717) is 24.0 Å². The van der Waals surface area contributed by atoms with Crippen LogP contribution in [0.1, 0.15) is 18.4 Å². The molecule has 0 aliphatic heterocycles. The van der Waals surface area contributed by atoms with Gasteiger partial charge in [0, 0.05) is 31.1 Å². The van der Waals surface area contributed by atoms with E-state index in [1.165, 1.54) is 19.2 Å². The molecule has 0 atom stereocenters. The molecule has 0 unspecified atom stereocenters. The average Bonchev–Trinajstić information content (AvgIpc) is 3.46. The molecule has 1 aliphatic carbocycles. The first kappa shape index (κ1) is 19.5. The summed E-state index contributed by atoms with van der Waals surface area (Å²) in [7, 11) is 3.40. The molecule has 0 N–H and O–H groups in total. The number of rotatable bonds is 8. The number of hydrogen-bond acceptors (Lipinski definition) is 7. The van der Waals surface area contributed by atoms with Crippen molar-refractivity contribution in [3.8, 4) is 17.2 Å². The maximum absolute atomic E-state index is 5.55. The van der Waals surface area contributed by atoms with Crippen molar-refractivity contribution in [2.24, 2.45) is 5.92 Å². The summed E-state index contributed by atoms with van der Waals surface area (Å²) in [6, 6.07) is 12.4. The van der Waals surface area contributed by atoms with E-state index < -0.39 is 0 Å². The number of methoxy groups -OCH3 is 2. The third-order valence-corrected chi connectivity index (χ3v) is 5.47. The van der Waals surface area contributed by atoms with Crippen LogP contribution in [0.2, 0.25) is 0 Å². The molecular formula is C24H24N4O3. The Kier molecular flexibility index (Phi) is 5.26. The Balaban J connectivity index is 1.57. The molecule has 2 aromatic heterocycles. The summed E-state index contributed by atoms with van der Waals surface area (Å²) in [5.41, 5.74) is 5.54. The van der Waals surface area contributed by atoms with Crippen molar-refractivity contribution >= 4 is 22.4 Å². The summed E-state index contributed by atoms with van der Waals surface area (Å²) in [5, 5.41) is 0. The number of anilines is 2. The van der Waals surface area contributed by atoms with Crippen LogP contribution < -0.4 is 9.64 Å². The van der Waals surface area contributed by atoms with Crippen LogP contribution in [0.5, 0.6) is 5.75 Å². The second kappa shape index (κ2) is 8.35. The zero-order valence-electron chi connectivity index (χ0n) is 17.6. The van der Waals surface area contributed by atoms with Gasteiger partial charge in [-0.15, -0.1) is 0 Å². The van der Waals surface area contributed by atoms with Crippen LogP contribution in [-0.2, 0) is 11.3 Å². The highest BCUT2D eigenvalue weighted by Crippen LogP contribution is 2.37. The molecule has 158 valence electrons. The molecule has 0 bridgehead atoms. The van der Waals surface area contributed by atoms with Gasteiger partial charge in [-0.2, -0.15) is 0 Å². The Labute approximate surface area is 180 Å². The van der Waals surface area contributed by atoms with E-state index in [-0.39, 0.29) is 0 Å². The van der Waals surface area contributed by atoms with Gasteiger partial charge in [-0.3, -0.25) is 4.98 Å². The number of aromatic nitrogens is 3. The summed E-state index contributed by atoms with van der Waals surface area (Å²) in [6.45, 7) is 1.48. The second-order valence-corrected chi connectivity index (χ2v) is 7.82. The Morgan fingerprint density at radius 3 is 2.68 bits per heavy atom. The van der Waals surface area contributed by atoms with E-state index in [0.717, 1.165) is 40.3 Å². The highest BCUT2D eigenvalue weighted by Gasteiger charge is 2.26. The molecule has 0 amide bonds. The SMILES string of the molecule is COCc1cc(OC)cc(N(CC2CC2)c2ccc3ncc(-c4cnco4)nc3c2)c1. The fourth-order valence-electron chi connectivity index (χ4n) is 3.71. The van der Waals surface area contributed by atoms with E-state index in [4.69, 9.17) is 18.9 Å². The monoisotopic (exact) mass is 416 g/mol. The quantitative estimate of drug-likeness (QED) is 0.401. The molecule has 2 aromatic carbocycles. The lowest BCUT2D eigenvalue weighted by Crippen LogP contribution is -2.20. The van der Waals surface area contributed by atoms with Crippen LogP contribution in [0, 0.1) is 5.92 Å². The summed E-state index contributed by atoms with van der Waals surface area (Å²) in [6.07, 6.45) is 7.27. The van der Waals surface area contributed by atoms with Gasteiger partial charge < -0.3 is 18.8 Å². The first-order valence-corrected chi connectivity index (χ1v) is 10.3. The van der Waals surface area contributed by atoms with Crippen molar-refractivity contribution in [3.05, 3.63) is 60.7 Å². The molecule has 1 aliphatic rings. The van der Waals surface area contributed by atoms with Gasteiger partial charge in [0.25, 0.3) is 0 Å². The van der Waals surface area contributed by atoms with E-state index in [1.807, 2.05) is 12.1 Å². The fraction of sp³-hybridized carbons (Fsp3) is 0.292. The lowest BCUT2D eigenvalue weighted by Gasteiger charge is -2.26. The zero-order valence-corrected chi connectivity index (χ0v) is 17.6. The topological polar surface area (TPSA) is 73.5 Å². The van der Waals surface area contributed by atoms with Crippen molar-refractivity contribution in [3.63, 3.8) is 0 Å². The molecule has 0 radical (unpaired) electrons. The molecule has 4 aromatic rings. The summed E-state index contributed by atoms with van der Waals surface area (Å²) in [4.78, 5) is 15.6. The van der Waals surface area contributed by atoms with E-state index >= 15 is 0 Å². The maximum atomic E-state index is 5.55. The van der Waals surface area contributed by atoms with Crippen LogP contribution in [0.4, 0.5) is 11.4 Å². The lowest BCUT2D eigenvalue weighted by molar-refractivity contribution is 0.184. The van der Waals surface area contributed by atoms with Gasteiger partial charge in [-0.25, -0.2) is 9.97 Å². The molecule has 0 spiro atoms.